The highest BCUT2D eigenvalue weighted by molar-refractivity contribution is 6.15. The lowest BCUT2D eigenvalue weighted by Crippen LogP contribution is -2.48. The Morgan fingerprint density at radius 2 is 1.53 bits per heavy atom. The van der Waals surface area contributed by atoms with Crippen LogP contribution in [0.1, 0.15) is 54.0 Å². The zero-order valence-corrected chi connectivity index (χ0v) is 18.0. The van der Waals surface area contributed by atoms with Crippen LogP contribution in [0, 0.1) is 0 Å². The van der Waals surface area contributed by atoms with Gasteiger partial charge in [0.15, 0.2) is 17.3 Å². The van der Waals surface area contributed by atoms with Gasteiger partial charge in [-0.15, -0.1) is 0 Å². The second kappa shape index (κ2) is 9.76. The molecule has 2 atom stereocenters. The normalized spacial score (nSPS) is 18.7. The van der Waals surface area contributed by atoms with E-state index in [-0.39, 0.29) is 23.9 Å². The van der Waals surface area contributed by atoms with E-state index in [4.69, 9.17) is 14.2 Å². The van der Waals surface area contributed by atoms with Crippen LogP contribution in [0.25, 0.3) is 0 Å². The maximum Gasteiger partial charge on any atom is 0.254 e. The lowest BCUT2D eigenvalue weighted by Gasteiger charge is -2.35. The van der Waals surface area contributed by atoms with Gasteiger partial charge in [0, 0.05) is 24.2 Å². The number of ketones is 1. The summed E-state index contributed by atoms with van der Waals surface area (Å²) in [6, 6.07) is 12.1. The zero-order chi connectivity index (χ0) is 21.7. The third kappa shape index (κ3) is 4.82. The molecule has 1 amide bonds. The SMILES string of the molecule is CCOc1ccc(C(=O)c2ccccc2C(=O)N2C[C@@H](C)O[C@H](C)C2)cc1OCC. The van der Waals surface area contributed by atoms with Gasteiger partial charge in [-0.3, -0.25) is 9.59 Å². The monoisotopic (exact) mass is 411 g/mol. The van der Waals surface area contributed by atoms with Crippen LogP contribution in [-0.2, 0) is 4.74 Å². The quantitative estimate of drug-likeness (QED) is 0.645. The number of rotatable bonds is 7. The minimum absolute atomic E-state index is 0.0413. The van der Waals surface area contributed by atoms with Gasteiger partial charge in [0.2, 0.25) is 0 Å². The first-order valence-corrected chi connectivity index (χ1v) is 10.4. The van der Waals surface area contributed by atoms with Crippen molar-refractivity contribution in [3.05, 3.63) is 59.2 Å². The molecule has 3 rings (SSSR count). The van der Waals surface area contributed by atoms with Gasteiger partial charge in [0.25, 0.3) is 5.91 Å². The summed E-state index contributed by atoms with van der Waals surface area (Å²) in [5.74, 6) is 0.732. The summed E-state index contributed by atoms with van der Waals surface area (Å²) in [6.45, 7) is 9.63. The topological polar surface area (TPSA) is 65.1 Å². The second-order valence-corrected chi connectivity index (χ2v) is 7.37. The van der Waals surface area contributed by atoms with Crippen molar-refractivity contribution in [2.45, 2.75) is 39.9 Å². The van der Waals surface area contributed by atoms with E-state index in [0.29, 0.717) is 54.5 Å². The van der Waals surface area contributed by atoms with E-state index in [2.05, 4.69) is 0 Å². The molecule has 1 fully saturated rings. The highest BCUT2D eigenvalue weighted by atomic mass is 16.5. The number of hydrogen-bond acceptors (Lipinski definition) is 5. The molecule has 1 aliphatic heterocycles. The van der Waals surface area contributed by atoms with E-state index in [1.165, 1.54) is 0 Å². The number of carbonyl (C=O) groups excluding carboxylic acids is 2. The van der Waals surface area contributed by atoms with Crippen molar-refractivity contribution in [1.82, 2.24) is 4.90 Å². The largest absolute Gasteiger partial charge is 0.490 e. The fourth-order valence-corrected chi connectivity index (χ4v) is 3.73. The highest BCUT2D eigenvalue weighted by Gasteiger charge is 2.29. The molecule has 0 spiro atoms. The number of nitrogens with zero attached hydrogens (tertiary/aromatic N) is 1. The van der Waals surface area contributed by atoms with Crippen molar-refractivity contribution in [3.8, 4) is 11.5 Å². The van der Waals surface area contributed by atoms with Crippen molar-refractivity contribution in [3.63, 3.8) is 0 Å². The maximum atomic E-state index is 13.3. The second-order valence-electron chi connectivity index (χ2n) is 7.37. The smallest absolute Gasteiger partial charge is 0.254 e. The van der Waals surface area contributed by atoms with Crippen LogP contribution < -0.4 is 9.47 Å². The average Bonchev–Trinajstić information content (AvgIpc) is 2.73. The predicted molar refractivity (Wildman–Crippen MR) is 115 cm³/mol. The molecule has 1 aliphatic rings. The van der Waals surface area contributed by atoms with Crippen LogP contribution >= 0.6 is 0 Å². The minimum atomic E-state index is -0.225. The molecule has 1 saturated heterocycles. The van der Waals surface area contributed by atoms with Crippen molar-refractivity contribution < 1.29 is 23.8 Å². The predicted octanol–water partition coefficient (Wildman–Crippen LogP) is 3.96. The lowest BCUT2D eigenvalue weighted by atomic mass is 9.97. The fourth-order valence-electron chi connectivity index (χ4n) is 3.73. The Kier molecular flexibility index (Phi) is 7.11. The summed E-state index contributed by atoms with van der Waals surface area (Å²) >= 11 is 0. The molecular weight excluding hydrogens is 382 g/mol. The first-order chi connectivity index (χ1) is 14.4. The third-order valence-corrected chi connectivity index (χ3v) is 4.91. The Labute approximate surface area is 177 Å². The fraction of sp³-hybridized carbons (Fsp3) is 0.417. The molecule has 1 heterocycles. The molecule has 160 valence electrons. The van der Waals surface area contributed by atoms with Gasteiger partial charge in [0.05, 0.1) is 31.0 Å². The summed E-state index contributed by atoms with van der Waals surface area (Å²) in [4.78, 5) is 28.3. The molecule has 2 aromatic carbocycles. The van der Waals surface area contributed by atoms with Gasteiger partial charge in [-0.05, 0) is 52.0 Å². The standard InChI is InChI=1S/C24H29NO5/c1-5-28-21-12-11-18(13-22(21)29-6-2)23(26)19-9-7-8-10-20(19)24(27)25-14-16(3)30-17(4)15-25/h7-13,16-17H,5-6,14-15H2,1-4H3/t16-,17-/m1/s1. The Morgan fingerprint density at radius 1 is 0.933 bits per heavy atom. The summed E-state index contributed by atoms with van der Waals surface area (Å²) < 4.78 is 17.0. The van der Waals surface area contributed by atoms with Gasteiger partial charge < -0.3 is 19.1 Å². The average molecular weight is 411 g/mol. The van der Waals surface area contributed by atoms with Crippen molar-refractivity contribution in [2.24, 2.45) is 0 Å². The highest BCUT2D eigenvalue weighted by Crippen LogP contribution is 2.30. The number of amides is 1. The lowest BCUT2D eigenvalue weighted by molar-refractivity contribution is -0.0586. The molecule has 6 heteroatoms. The molecule has 6 nitrogen and oxygen atoms in total. The Hall–Kier alpha value is -2.86. The summed E-state index contributed by atoms with van der Waals surface area (Å²) in [5.41, 5.74) is 1.22. The molecular formula is C24H29NO5. The number of ether oxygens (including phenoxy) is 3. The molecule has 30 heavy (non-hydrogen) atoms. The van der Waals surface area contributed by atoms with Gasteiger partial charge in [0.1, 0.15) is 0 Å². The zero-order valence-electron chi connectivity index (χ0n) is 18.0. The number of carbonyl (C=O) groups is 2. The van der Waals surface area contributed by atoms with E-state index in [1.54, 1.807) is 47.4 Å². The van der Waals surface area contributed by atoms with Gasteiger partial charge in [-0.25, -0.2) is 0 Å². The maximum absolute atomic E-state index is 13.3. The third-order valence-electron chi connectivity index (χ3n) is 4.91. The van der Waals surface area contributed by atoms with Crippen LogP contribution in [0.15, 0.2) is 42.5 Å². The van der Waals surface area contributed by atoms with Crippen LogP contribution in [0.3, 0.4) is 0 Å². The van der Waals surface area contributed by atoms with Crippen LogP contribution in [-0.4, -0.2) is 55.1 Å². The molecule has 0 bridgehead atoms. The van der Waals surface area contributed by atoms with E-state index < -0.39 is 0 Å². The van der Waals surface area contributed by atoms with Crippen LogP contribution in [0.4, 0.5) is 0 Å². The number of benzene rings is 2. The van der Waals surface area contributed by atoms with Crippen LogP contribution in [0.5, 0.6) is 11.5 Å². The summed E-state index contributed by atoms with van der Waals surface area (Å²) in [7, 11) is 0. The first kappa shape index (κ1) is 21.8. The van der Waals surface area contributed by atoms with Gasteiger partial charge in [-0.1, -0.05) is 18.2 Å². The van der Waals surface area contributed by atoms with Crippen molar-refractivity contribution >= 4 is 11.7 Å². The Balaban J connectivity index is 1.92. The Morgan fingerprint density at radius 3 is 2.17 bits per heavy atom. The molecule has 2 aromatic rings. The number of morpholine rings is 1. The molecule has 0 N–H and O–H groups in total. The van der Waals surface area contributed by atoms with E-state index in [1.807, 2.05) is 27.7 Å². The summed E-state index contributed by atoms with van der Waals surface area (Å²) in [5, 5.41) is 0. The van der Waals surface area contributed by atoms with Crippen molar-refractivity contribution in [1.29, 1.82) is 0 Å². The number of hydrogen-bond donors (Lipinski definition) is 0. The van der Waals surface area contributed by atoms with Gasteiger partial charge in [-0.2, -0.15) is 0 Å². The molecule has 0 aromatic heterocycles. The summed E-state index contributed by atoms with van der Waals surface area (Å²) in [6.07, 6.45) is -0.0825. The Bertz CT molecular complexity index is 900. The van der Waals surface area contributed by atoms with Gasteiger partial charge >= 0.3 is 0 Å². The first-order valence-electron chi connectivity index (χ1n) is 10.4. The molecule has 0 unspecified atom stereocenters. The molecule has 0 saturated carbocycles. The van der Waals surface area contributed by atoms with E-state index in [9.17, 15) is 9.59 Å². The molecule has 0 radical (unpaired) electrons. The van der Waals surface area contributed by atoms with E-state index >= 15 is 0 Å². The van der Waals surface area contributed by atoms with Crippen molar-refractivity contribution in [2.75, 3.05) is 26.3 Å². The van der Waals surface area contributed by atoms with E-state index in [0.717, 1.165) is 0 Å². The minimum Gasteiger partial charge on any atom is -0.490 e. The molecule has 0 aliphatic carbocycles. The van der Waals surface area contributed by atoms with Crippen LogP contribution in [0.2, 0.25) is 0 Å².